The van der Waals surface area contributed by atoms with Crippen LogP contribution in [0, 0.1) is 0 Å². The van der Waals surface area contributed by atoms with Crippen LogP contribution in [0.15, 0.2) is 24.3 Å². The predicted octanol–water partition coefficient (Wildman–Crippen LogP) is 8.51. The minimum Gasteiger partial charge on any atom is -0.462 e. The minimum atomic E-state index is -8.64. The van der Waals surface area contributed by atoms with Gasteiger partial charge in [-0.15, -0.1) is 11.3 Å². The Hall–Kier alpha value is -3.00. The number of unbranched alkanes of at least 4 members (excludes halogenated alkanes) is 1. The number of hydrogen-bond donors (Lipinski definition) is 1. The SMILES string of the molecule is CCCCOC(=O)c1c(NC(=O)C(F)(F)C(F)(F)C(F)(F)C(F)(F)C(F)(F)C(F)(F)C(F)(F)C(F)F)sc2ccccc12. The zero-order valence-corrected chi connectivity index (χ0v) is 21.5. The van der Waals surface area contributed by atoms with E-state index in [-0.39, 0.29) is 34.5 Å². The van der Waals surface area contributed by atoms with E-state index >= 15 is 0 Å². The van der Waals surface area contributed by atoms with E-state index in [1.54, 1.807) is 6.92 Å². The Morgan fingerprint density at radius 2 is 1.28 bits per heavy atom. The molecule has 2 aromatic rings. The van der Waals surface area contributed by atoms with Crippen LogP contribution < -0.4 is 5.32 Å². The minimum absolute atomic E-state index is 0.0611. The Bertz CT molecular complexity index is 1340. The van der Waals surface area contributed by atoms with E-state index in [0.717, 1.165) is 17.4 Å². The van der Waals surface area contributed by atoms with Crippen molar-refractivity contribution in [1.82, 2.24) is 0 Å². The van der Waals surface area contributed by atoms with Gasteiger partial charge in [0, 0.05) is 10.1 Å². The molecule has 0 saturated heterocycles. The molecule has 0 aliphatic heterocycles. The summed E-state index contributed by atoms with van der Waals surface area (Å²) >= 11 is 0.152. The van der Waals surface area contributed by atoms with Crippen molar-refractivity contribution < 1.29 is 84.6 Å². The number of benzene rings is 1. The zero-order valence-electron chi connectivity index (χ0n) is 20.7. The fourth-order valence-corrected chi connectivity index (χ4v) is 4.26. The molecular weight excluding hydrogens is 662 g/mol. The molecule has 1 amide bonds. The highest BCUT2D eigenvalue weighted by Crippen LogP contribution is 2.62. The van der Waals surface area contributed by atoms with Crippen molar-refractivity contribution in [3.8, 4) is 0 Å². The third-order valence-corrected chi connectivity index (χ3v) is 6.79. The molecule has 0 unspecified atom stereocenters. The number of hydrogen-bond acceptors (Lipinski definition) is 4. The van der Waals surface area contributed by atoms with Gasteiger partial charge in [0.05, 0.1) is 6.61 Å². The third kappa shape index (κ3) is 5.45. The van der Waals surface area contributed by atoms with Gasteiger partial charge in [-0.05, 0) is 12.5 Å². The fraction of sp³-hybridized carbons (Fsp3) is 0.545. The van der Waals surface area contributed by atoms with Crippen LogP contribution in [-0.2, 0) is 9.53 Å². The van der Waals surface area contributed by atoms with Gasteiger partial charge in [-0.2, -0.15) is 61.5 Å². The Labute approximate surface area is 232 Å². The molecule has 0 fully saturated rings. The van der Waals surface area contributed by atoms with Crippen molar-refractivity contribution in [1.29, 1.82) is 0 Å². The van der Waals surface area contributed by atoms with Gasteiger partial charge in [-0.3, -0.25) is 4.79 Å². The number of fused-ring (bicyclic) bond motifs is 1. The highest BCUT2D eigenvalue weighted by atomic mass is 32.1. The van der Waals surface area contributed by atoms with Gasteiger partial charge < -0.3 is 10.1 Å². The number of halogens is 16. The maximum Gasteiger partial charge on any atom is 0.393 e. The van der Waals surface area contributed by atoms with Gasteiger partial charge in [0.2, 0.25) is 0 Å². The van der Waals surface area contributed by atoms with Crippen molar-refractivity contribution in [2.45, 2.75) is 67.6 Å². The summed E-state index contributed by atoms with van der Waals surface area (Å²) in [6, 6.07) is 4.78. The molecule has 1 heterocycles. The molecule has 0 saturated carbocycles. The lowest BCUT2D eigenvalue weighted by Crippen LogP contribution is -2.74. The number of thiophene rings is 1. The molecule has 4 nitrogen and oxygen atoms in total. The first-order valence-electron chi connectivity index (χ1n) is 11.2. The molecule has 0 spiro atoms. The van der Waals surface area contributed by atoms with E-state index in [1.165, 1.54) is 12.1 Å². The summed E-state index contributed by atoms with van der Waals surface area (Å²) in [6.07, 6.45) is -5.28. The summed E-state index contributed by atoms with van der Waals surface area (Å²) in [6.45, 7) is 1.33. The molecule has 43 heavy (non-hydrogen) atoms. The Morgan fingerprint density at radius 1 is 0.791 bits per heavy atom. The average Bonchev–Trinajstić information content (AvgIpc) is 3.25. The summed E-state index contributed by atoms with van der Waals surface area (Å²) < 4.78 is 222. The first-order chi connectivity index (χ1) is 19.3. The van der Waals surface area contributed by atoms with Gasteiger partial charge >= 0.3 is 59.8 Å². The second kappa shape index (κ2) is 11.5. The quantitative estimate of drug-likeness (QED) is 0.132. The molecule has 1 N–H and O–H groups in total. The van der Waals surface area contributed by atoms with Crippen LogP contribution in [0.5, 0.6) is 0 Å². The molecule has 0 aliphatic carbocycles. The van der Waals surface area contributed by atoms with Crippen molar-refractivity contribution >= 4 is 38.3 Å². The first-order valence-corrected chi connectivity index (χ1v) is 12.0. The molecule has 0 radical (unpaired) electrons. The molecular formula is C22H15F16NO3S. The van der Waals surface area contributed by atoms with Crippen LogP contribution in [0.1, 0.15) is 30.1 Å². The predicted molar refractivity (Wildman–Crippen MR) is 116 cm³/mol. The molecule has 1 aromatic heterocycles. The van der Waals surface area contributed by atoms with Crippen LogP contribution in [0.3, 0.4) is 0 Å². The maximum atomic E-state index is 14.4. The smallest absolute Gasteiger partial charge is 0.393 e. The second-order valence-corrected chi connectivity index (χ2v) is 9.67. The zero-order chi connectivity index (χ0) is 33.6. The lowest BCUT2D eigenvalue weighted by Gasteiger charge is -2.42. The molecule has 0 aliphatic rings. The van der Waals surface area contributed by atoms with Crippen molar-refractivity contribution in [2.24, 2.45) is 0 Å². The Kier molecular flexibility index (Phi) is 9.67. The van der Waals surface area contributed by atoms with Gasteiger partial charge in [0.25, 0.3) is 0 Å². The number of carbonyl (C=O) groups is 2. The normalized spacial score (nSPS) is 14.4. The van der Waals surface area contributed by atoms with Gasteiger partial charge in [0.1, 0.15) is 10.6 Å². The number of nitrogens with one attached hydrogen (secondary N) is 1. The van der Waals surface area contributed by atoms with Crippen molar-refractivity contribution in [3.05, 3.63) is 29.8 Å². The number of amides is 1. The topological polar surface area (TPSA) is 55.4 Å². The number of carbonyl (C=O) groups excluding carboxylic acids is 2. The second-order valence-electron chi connectivity index (χ2n) is 8.62. The van der Waals surface area contributed by atoms with Gasteiger partial charge in [-0.25, -0.2) is 13.6 Å². The fourth-order valence-electron chi connectivity index (χ4n) is 3.18. The first kappa shape index (κ1) is 36.2. The lowest BCUT2D eigenvalue weighted by atomic mass is 9.89. The molecule has 244 valence electrons. The van der Waals surface area contributed by atoms with Gasteiger partial charge in [0.15, 0.2) is 0 Å². The molecule has 0 bridgehead atoms. The lowest BCUT2D eigenvalue weighted by molar-refractivity contribution is -0.443. The maximum absolute atomic E-state index is 14.4. The summed E-state index contributed by atoms with van der Waals surface area (Å²) in [5.41, 5.74) is -0.832. The molecule has 1 aromatic carbocycles. The standard InChI is InChI=1S/C22H15F16NO3S/c1-2-3-8-42-13(40)11-9-6-4-5-7-10(9)43-12(11)39-15(41)17(27,28)19(31,32)21(35,36)22(37,38)20(33,34)18(29,30)16(25,26)14(23)24/h4-7,14H,2-3,8H2,1H3,(H,39,41). The van der Waals surface area contributed by atoms with Crippen LogP contribution in [0.25, 0.3) is 10.1 Å². The van der Waals surface area contributed by atoms with Crippen LogP contribution in [-0.4, -0.2) is 66.4 Å². The van der Waals surface area contributed by atoms with Crippen LogP contribution >= 0.6 is 11.3 Å². The number of ether oxygens (including phenoxy) is 1. The monoisotopic (exact) mass is 677 g/mol. The summed E-state index contributed by atoms with van der Waals surface area (Å²) in [5.74, 6) is -61.9. The molecule has 2 rings (SSSR count). The van der Waals surface area contributed by atoms with Crippen molar-refractivity contribution in [2.75, 3.05) is 11.9 Å². The molecule has 21 heteroatoms. The number of anilines is 1. The summed E-state index contributed by atoms with van der Waals surface area (Å²) in [5, 5.41) is -0.464. The number of esters is 1. The molecule has 0 atom stereocenters. The van der Waals surface area contributed by atoms with E-state index in [4.69, 9.17) is 4.74 Å². The Balaban J connectivity index is 2.57. The van der Waals surface area contributed by atoms with E-state index in [2.05, 4.69) is 0 Å². The van der Waals surface area contributed by atoms with Crippen LogP contribution in [0.2, 0.25) is 0 Å². The highest BCUT2D eigenvalue weighted by Gasteiger charge is 2.94. The van der Waals surface area contributed by atoms with Crippen molar-refractivity contribution in [3.63, 3.8) is 0 Å². The van der Waals surface area contributed by atoms with Gasteiger partial charge in [-0.1, -0.05) is 31.5 Å². The summed E-state index contributed by atoms with van der Waals surface area (Å²) in [4.78, 5) is 24.5. The van der Waals surface area contributed by atoms with E-state index < -0.39 is 70.3 Å². The third-order valence-electron chi connectivity index (χ3n) is 5.71. The largest absolute Gasteiger partial charge is 0.462 e. The average molecular weight is 677 g/mol. The van der Waals surface area contributed by atoms with Crippen LogP contribution in [0.4, 0.5) is 75.2 Å². The number of alkyl halides is 16. The van der Waals surface area contributed by atoms with E-state index in [0.29, 0.717) is 6.42 Å². The number of rotatable bonds is 13. The Morgan fingerprint density at radius 3 is 1.79 bits per heavy atom. The summed E-state index contributed by atoms with van der Waals surface area (Å²) in [7, 11) is 0. The van der Waals surface area contributed by atoms with E-state index in [1.807, 2.05) is 0 Å². The van der Waals surface area contributed by atoms with E-state index in [9.17, 15) is 79.8 Å². The highest BCUT2D eigenvalue weighted by molar-refractivity contribution is 7.23.